The number of hydrogen-bond acceptors (Lipinski definition) is 8. The van der Waals surface area contributed by atoms with Gasteiger partial charge >= 0.3 is 0 Å². The lowest BCUT2D eigenvalue weighted by atomic mass is 9.94. The van der Waals surface area contributed by atoms with Gasteiger partial charge in [0.2, 0.25) is 0 Å². The van der Waals surface area contributed by atoms with Crippen LogP contribution in [0.15, 0.2) is 30.3 Å². The zero-order valence-electron chi connectivity index (χ0n) is 21.0. The number of rotatable bonds is 21. The van der Waals surface area contributed by atoms with Crippen LogP contribution in [0.2, 0.25) is 0 Å². The fourth-order valence-electron chi connectivity index (χ4n) is 3.52. The topological polar surface area (TPSA) is 73.8 Å². The Balaban J connectivity index is 1.69. The highest BCUT2D eigenvalue weighted by atomic mass is 16.6. The van der Waals surface area contributed by atoms with Crippen LogP contribution in [0.25, 0.3) is 0 Å². The molecule has 2 rings (SSSR count). The molecule has 8 nitrogen and oxygen atoms in total. The minimum absolute atomic E-state index is 0.0668. The van der Waals surface area contributed by atoms with Crippen molar-refractivity contribution < 1.29 is 37.9 Å². The molecule has 196 valence electrons. The molecule has 1 atom stereocenters. The smallest absolute Gasteiger partial charge is 0.115 e. The lowest BCUT2D eigenvalue weighted by molar-refractivity contribution is -0.193. The van der Waals surface area contributed by atoms with E-state index < -0.39 is 5.60 Å². The van der Waals surface area contributed by atoms with Crippen LogP contribution in [-0.4, -0.2) is 97.6 Å². The van der Waals surface area contributed by atoms with Gasteiger partial charge in [-0.05, 0) is 32.3 Å². The highest BCUT2D eigenvalue weighted by molar-refractivity contribution is 5.13. The van der Waals surface area contributed by atoms with Crippen molar-refractivity contribution in [3.8, 4) is 0 Å². The summed E-state index contributed by atoms with van der Waals surface area (Å²) in [5, 5.41) is 0. The number of hydrogen-bond donors (Lipinski definition) is 0. The fraction of sp³-hybridized carbons (Fsp3) is 0.769. The number of ether oxygens (including phenoxy) is 8. The SMILES string of the molecule is CCOCCOCCOCC1(COCCOCCOCC)CCC(OCc2ccccc2)CO1. The van der Waals surface area contributed by atoms with Gasteiger partial charge in [-0.15, -0.1) is 0 Å². The van der Waals surface area contributed by atoms with E-state index in [1.165, 1.54) is 5.56 Å². The molecule has 1 aromatic carbocycles. The van der Waals surface area contributed by atoms with Crippen molar-refractivity contribution in [3.05, 3.63) is 35.9 Å². The van der Waals surface area contributed by atoms with E-state index in [1.54, 1.807) is 0 Å². The summed E-state index contributed by atoms with van der Waals surface area (Å²) in [5.74, 6) is 0. The molecule has 0 N–H and O–H groups in total. The van der Waals surface area contributed by atoms with Crippen molar-refractivity contribution in [3.63, 3.8) is 0 Å². The lowest BCUT2D eigenvalue weighted by Crippen LogP contribution is -2.49. The second-order valence-corrected chi connectivity index (χ2v) is 8.18. The first-order valence-electron chi connectivity index (χ1n) is 12.5. The van der Waals surface area contributed by atoms with Crippen molar-refractivity contribution in [2.75, 3.05) is 85.9 Å². The van der Waals surface area contributed by atoms with E-state index in [0.29, 0.717) is 92.5 Å². The third-order valence-corrected chi connectivity index (χ3v) is 5.45. The molecule has 1 fully saturated rings. The van der Waals surface area contributed by atoms with Gasteiger partial charge in [0, 0.05) is 13.2 Å². The van der Waals surface area contributed by atoms with Crippen LogP contribution in [0.4, 0.5) is 0 Å². The van der Waals surface area contributed by atoms with Crippen molar-refractivity contribution in [2.45, 2.75) is 45.0 Å². The Labute approximate surface area is 205 Å². The summed E-state index contributed by atoms with van der Waals surface area (Å²) in [7, 11) is 0. The summed E-state index contributed by atoms with van der Waals surface area (Å²) in [6.45, 7) is 11.8. The van der Waals surface area contributed by atoms with Gasteiger partial charge in [-0.1, -0.05) is 30.3 Å². The van der Waals surface area contributed by atoms with Crippen LogP contribution in [0.3, 0.4) is 0 Å². The molecule has 1 aromatic rings. The zero-order chi connectivity index (χ0) is 24.2. The average molecular weight is 485 g/mol. The van der Waals surface area contributed by atoms with E-state index >= 15 is 0 Å². The van der Waals surface area contributed by atoms with Crippen LogP contribution in [0, 0.1) is 0 Å². The molecular formula is C26H44O8. The molecule has 34 heavy (non-hydrogen) atoms. The first-order chi connectivity index (χ1) is 16.8. The Morgan fingerprint density at radius 2 is 1.26 bits per heavy atom. The maximum Gasteiger partial charge on any atom is 0.115 e. The summed E-state index contributed by atoms with van der Waals surface area (Å²) >= 11 is 0. The van der Waals surface area contributed by atoms with Gasteiger partial charge in [-0.3, -0.25) is 0 Å². The Morgan fingerprint density at radius 3 is 1.76 bits per heavy atom. The van der Waals surface area contributed by atoms with Gasteiger partial charge in [0.15, 0.2) is 0 Å². The summed E-state index contributed by atoms with van der Waals surface area (Å²) in [5.41, 5.74) is 0.683. The monoisotopic (exact) mass is 484 g/mol. The van der Waals surface area contributed by atoms with Crippen LogP contribution in [0.1, 0.15) is 32.3 Å². The highest BCUT2D eigenvalue weighted by Crippen LogP contribution is 2.28. The molecule has 0 amide bonds. The minimum atomic E-state index is -0.483. The second-order valence-electron chi connectivity index (χ2n) is 8.18. The third-order valence-electron chi connectivity index (χ3n) is 5.45. The normalized spacial score (nSPS) is 17.8. The Hall–Kier alpha value is -1.10. The molecule has 0 aliphatic carbocycles. The van der Waals surface area contributed by atoms with Crippen molar-refractivity contribution >= 4 is 0 Å². The van der Waals surface area contributed by atoms with Gasteiger partial charge in [-0.25, -0.2) is 0 Å². The van der Waals surface area contributed by atoms with E-state index in [0.717, 1.165) is 12.8 Å². The number of benzene rings is 1. The van der Waals surface area contributed by atoms with Crippen LogP contribution in [-0.2, 0) is 44.5 Å². The predicted molar refractivity (Wildman–Crippen MR) is 129 cm³/mol. The fourth-order valence-corrected chi connectivity index (χ4v) is 3.52. The summed E-state index contributed by atoms with van der Waals surface area (Å²) < 4.78 is 45.8. The minimum Gasteiger partial charge on any atom is -0.379 e. The lowest BCUT2D eigenvalue weighted by Gasteiger charge is -2.39. The molecule has 1 heterocycles. The molecule has 0 radical (unpaired) electrons. The molecule has 8 heteroatoms. The summed E-state index contributed by atoms with van der Waals surface area (Å²) in [6, 6.07) is 10.2. The molecule has 0 bridgehead atoms. The first kappa shape index (κ1) is 29.1. The predicted octanol–water partition coefficient (Wildman–Crippen LogP) is 3.26. The average Bonchev–Trinajstić information content (AvgIpc) is 2.87. The maximum absolute atomic E-state index is 6.29. The summed E-state index contributed by atoms with van der Waals surface area (Å²) in [4.78, 5) is 0. The quantitative estimate of drug-likeness (QED) is 0.246. The van der Waals surface area contributed by atoms with Gasteiger partial charge in [0.25, 0.3) is 0 Å². The largest absolute Gasteiger partial charge is 0.379 e. The standard InChI is InChI=1S/C26H44O8/c1-3-27-12-14-29-16-18-31-22-26(23-32-19-17-30-15-13-28-4-2)11-10-25(21-34-26)33-20-24-8-6-5-7-9-24/h5-9,25H,3-4,10-23H2,1-2H3. The maximum atomic E-state index is 6.29. The van der Waals surface area contributed by atoms with Crippen LogP contribution in [0.5, 0.6) is 0 Å². The molecule has 0 aromatic heterocycles. The van der Waals surface area contributed by atoms with Gasteiger partial charge in [-0.2, -0.15) is 0 Å². The molecule has 0 saturated carbocycles. The Bertz CT molecular complexity index is 555. The molecule has 1 aliphatic heterocycles. The van der Waals surface area contributed by atoms with Crippen molar-refractivity contribution in [2.24, 2.45) is 0 Å². The second kappa shape index (κ2) is 19.1. The Kier molecular flexibility index (Phi) is 16.4. The molecule has 0 spiro atoms. The molecule has 1 unspecified atom stereocenters. The molecular weight excluding hydrogens is 440 g/mol. The van der Waals surface area contributed by atoms with Gasteiger partial charge < -0.3 is 37.9 Å². The zero-order valence-corrected chi connectivity index (χ0v) is 21.0. The van der Waals surface area contributed by atoms with Crippen molar-refractivity contribution in [1.29, 1.82) is 0 Å². The van der Waals surface area contributed by atoms with E-state index in [2.05, 4.69) is 12.1 Å². The first-order valence-corrected chi connectivity index (χ1v) is 12.5. The van der Waals surface area contributed by atoms with E-state index in [4.69, 9.17) is 37.9 Å². The van der Waals surface area contributed by atoms with Crippen LogP contribution < -0.4 is 0 Å². The van der Waals surface area contributed by atoms with E-state index in [-0.39, 0.29) is 6.10 Å². The van der Waals surface area contributed by atoms with E-state index in [9.17, 15) is 0 Å². The van der Waals surface area contributed by atoms with Gasteiger partial charge in [0.1, 0.15) is 5.60 Å². The van der Waals surface area contributed by atoms with Crippen LogP contribution >= 0.6 is 0 Å². The third kappa shape index (κ3) is 13.1. The van der Waals surface area contributed by atoms with Gasteiger partial charge in [0.05, 0.1) is 85.4 Å². The van der Waals surface area contributed by atoms with E-state index in [1.807, 2.05) is 32.0 Å². The summed E-state index contributed by atoms with van der Waals surface area (Å²) in [6.07, 6.45) is 1.77. The molecule has 1 saturated heterocycles. The molecule has 1 aliphatic rings. The highest BCUT2D eigenvalue weighted by Gasteiger charge is 2.37. The van der Waals surface area contributed by atoms with Crippen molar-refractivity contribution in [1.82, 2.24) is 0 Å². The Morgan fingerprint density at radius 1 is 0.735 bits per heavy atom.